The van der Waals surface area contributed by atoms with E-state index in [9.17, 15) is 0 Å². The van der Waals surface area contributed by atoms with Gasteiger partial charge in [-0.1, -0.05) is 12.1 Å². The first-order chi connectivity index (χ1) is 17.4. The normalized spacial score (nSPS) is 12.1. The molecule has 0 aliphatic carbocycles. The van der Waals surface area contributed by atoms with Crippen LogP contribution in [-0.4, -0.2) is 37.0 Å². The maximum Gasteiger partial charge on any atom is 0.370 e. The Hall–Kier alpha value is -3.67. The lowest BCUT2D eigenvalue weighted by Gasteiger charge is -2.17. The topological polar surface area (TPSA) is 116 Å². The first-order valence-electron chi connectivity index (χ1n) is 11.6. The van der Waals surface area contributed by atoms with Crippen molar-refractivity contribution in [1.82, 2.24) is 8.80 Å². The third-order valence-electron chi connectivity index (χ3n) is 6.58. The van der Waals surface area contributed by atoms with Crippen molar-refractivity contribution in [3.05, 3.63) is 72.1 Å². The SMILES string of the molecule is Cc1cc2c(cc1C)n1c(N(C)C)[n+]3ccccc3c1c1c3cccc[n+]3c(N(C)C)n21.[O-][Cl+3]([O-])([O-])[O-]. The molecule has 0 N–H and O–H groups in total. The van der Waals surface area contributed by atoms with E-state index in [4.69, 9.17) is 18.6 Å². The van der Waals surface area contributed by atoms with Crippen molar-refractivity contribution in [3.8, 4) is 0 Å². The molecule has 0 aliphatic rings. The van der Waals surface area contributed by atoms with Gasteiger partial charge in [0.05, 0.1) is 40.6 Å². The molecule has 1 aromatic carbocycles. The third kappa shape index (κ3) is 3.99. The Morgan fingerprint density at radius 2 is 1.00 bits per heavy atom. The quantitative estimate of drug-likeness (QED) is 0.264. The molecule has 0 aliphatic heterocycles. The van der Waals surface area contributed by atoms with E-state index in [2.05, 4.69) is 130 Å². The van der Waals surface area contributed by atoms with Crippen LogP contribution in [0.25, 0.3) is 33.1 Å². The molecular weight excluding hydrogens is 496 g/mol. The van der Waals surface area contributed by atoms with Gasteiger partial charge in [0.1, 0.15) is 11.0 Å². The molecule has 0 unspecified atom stereocenters. The molecule has 10 nitrogen and oxygen atoms in total. The van der Waals surface area contributed by atoms with Gasteiger partial charge in [0.15, 0.2) is 22.1 Å². The molecule has 0 atom stereocenters. The predicted octanol–water partition coefficient (Wildman–Crippen LogP) is -1.18. The molecule has 0 spiro atoms. The second kappa shape index (κ2) is 8.72. The minimum Gasteiger partial charge on any atom is -0.269 e. The number of imidazole rings is 2. The van der Waals surface area contributed by atoms with E-state index in [1.807, 2.05) is 0 Å². The van der Waals surface area contributed by atoms with Crippen LogP contribution in [0.3, 0.4) is 0 Å². The van der Waals surface area contributed by atoms with Gasteiger partial charge in [-0.2, -0.15) is 8.80 Å². The summed E-state index contributed by atoms with van der Waals surface area (Å²) in [7, 11) is 3.53. The van der Waals surface area contributed by atoms with Crippen LogP contribution in [0.2, 0.25) is 0 Å². The molecule has 192 valence electrons. The molecule has 6 aromatic rings. The van der Waals surface area contributed by atoms with E-state index in [-0.39, 0.29) is 0 Å². The van der Waals surface area contributed by atoms with E-state index in [1.54, 1.807) is 0 Å². The number of pyridine rings is 2. The van der Waals surface area contributed by atoms with Crippen LogP contribution in [0.5, 0.6) is 0 Å². The Labute approximate surface area is 215 Å². The van der Waals surface area contributed by atoms with E-state index >= 15 is 0 Å². The highest BCUT2D eigenvalue weighted by Gasteiger charge is 2.33. The van der Waals surface area contributed by atoms with Crippen LogP contribution in [-0.2, 0) is 0 Å². The summed E-state index contributed by atoms with van der Waals surface area (Å²) in [6.07, 6.45) is 4.32. The van der Waals surface area contributed by atoms with Crippen molar-refractivity contribution in [3.63, 3.8) is 0 Å². The maximum absolute atomic E-state index is 8.49. The first-order valence-corrected chi connectivity index (χ1v) is 12.8. The molecule has 37 heavy (non-hydrogen) atoms. The zero-order valence-electron chi connectivity index (χ0n) is 21.5. The molecule has 5 heterocycles. The van der Waals surface area contributed by atoms with Crippen molar-refractivity contribution in [1.29, 1.82) is 0 Å². The van der Waals surface area contributed by atoms with Gasteiger partial charge in [0, 0.05) is 0 Å². The lowest BCUT2D eigenvalue weighted by atomic mass is 10.1. The highest BCUT2D eigenvalue weighted by atomic mass is 35.7. The number of nitrogens with zero attached hydrogens (tertiary/aromatic N) is 6. The number of benzene rings is 1. The van der Waals surface area contributed by atoms with Gasteiger partial charge >= 0.3 is 11.9 Å². The Morgan fingerprint density at radius 3 is 1.32 bits per heavy atom. The number of fused-ring (bicyclic) bond motifs is 10. The predicted molar refractivity (Wildman–Crippen MR) is 130 cm³/mol. The Bertz CT molecular complexity index is 1680. The van der Waals surface area contributed by atoms with Crippen molar-refractivity contribution < 1.29 is 37.7 Å². The molecule has 0 saturated carbocycles. The largest absolute Gasteiger partial charge is 0.370 e. The maximum atomic E-state index is 8.49. The van der Waals surface area contributed by atoms with Crippen LogP contribution < -0.4 is 37.2 Å². The fraction of sp³-hybridized carbons (Fsp3) is 0.231. The lowest BCUT2D eigenvalue weighted by Crippen LogP contribution is -2.68. The zero-order valence-corrected chi connectivity index (χ0v) is 22.2. The van der Waals surface area contributed by atoms with Crippen molar-refractivity contribution in [2.24, 2.45) is 0 Å². The average Bonchev–Trinajstić information content (AvgIpc) is 3.33. The number of halogens is 1. The fourth-order valence-electron chi connectivity index (χ4n) is 5.15. The van der Waals surface area contributed by atoms with E-state index < -0.39 is 10.2 Å². The van der Waals surface area contributed by atoms with Crippen LogP contribution in [0.4, 0.5) is 11.9 Å². The van der Waals surface area contributed by atoms with E-state index in [0.717, 1.165) is 11.9 Å². The van der Waals surface area contributed by atoms with Crippen LogP contribution in [0.1, 0.15) is 11.1 Å². The van der Waals surface area contributed by atoms with Crippen LogP contribution in [0, 0.1) is 24.1 Å². The van der Waals surface area contributed by atoms with Crippen molar-refractivity contribution in [2.45, 2.75) is 13.8 Å². The lowest BCUT2D eigenvalue weighted by molar-refractivity contribution is -2.00. The van der Waals surface area contributed by atoms with E-state index in [1.165, 1.54) is 44.2 Å². The van der Waals surface area contributed by atoms with E-state index in [0.29, 0.717) is 0 Å². The summed E-state index contributed by atoms with van der Waals surface area (Å²) < 4.78 is 43.4. The smallest absolute Gasteiger partial charge is 0.269 e. The zero-order chi connectivity index (χ0) is 26.8. The summed E-state index contributed by atoms with van der Waals surface area (Å²) >= 11 is 0. The summed E-state index contributed by atoms with van der Waals surface area (Å²) in [6, 6.07) is 17.6. The standard InChI is InChI=1S/C26H28N6.ClHO4/c1-17-15-21-22(16-18(17)2)32-24(20-12-8-10-14-30(20)26(32)28(5)6)23-19-11-7-9-13-29(19)25(27(3)4)31(21)23;2-1(3,4)5/h7-16H,1-6H3;(H,2,3,4,5)/q+2;/p-1. The highest BCUT2D eigenvalue weighted by molar-refractivity contribution is 6.04. The molecule has 6 rings (SSSR count). The molecule has 5 aromatic heterocycles. The minimum atomic E-state index is -4.94. The minimum absolute atomic E-state index is 1.13. The third-order valence-corrected chi connectivity index (χ3v) is 6.58. The highest BCUT2D eigenvalue weighted by Crippen LogP contribution is 2.34. The second-order valence-electron chi connectivity index (χ2n) is 9.47. The number of aromatic nitrogens is 4. The molecule has 0 fully saturated rings. The van der Waals surface area contributed by atoms with Crippen molar-refractivity contribution >= 4 is 45.0 Å². The summed E-state index contributed by atoms with van der Waals surface area (Å²) in [5, 5.41) is 0. The number of anilines is 2. The van der Waals surface area contributed by atoms with Crippen molar-refractivity contribution in [2.75, 3.05) is 38.0 Å². The Morgan fingerprint density at radius 1 is 0.649 bits per heavy atom. The van der Waals surface area contributed by atoms with Gasteiger partial charge in [-0.05, 0) is 61.4 Å². The Kier molecular flexibility index (Phi) is 5.89. The first kappa shape index (κ1) is 25.0. The summed E-state index contributed by atoms with van der Waals surface area (Å²) in [6.45, 7) is 4.40. The number of hydrogen-bond donors (Lipinski definition) is 0. The van der Waals surface area contributed by atoms with Gasteiger partial charge in [0.25, 0.3) is 0 Å². The summed E-state index contributed by atoms with van der Waals surface area (Å²) in [5.41, 5.74) is 9.79. The van der Waals surface area contributed by atoms with Gasteiger partial charge in [0.2, 0.25) is 0 Å². The van der Waals surface area contributed by atoms with Gasteiger partial charge < -0.3 is 0 Å². The number of rotatable bonds is 2. The van der Waals surface area contributed by atoms with Crippen LogP contribution >= 0.6 is 0 Å². The van der Waals surface area contributed by atoms with Gasteiger partial charge in [-0.15, -0.1) is 10.2 Å². The Balaban J connectivity index is 0.000000514. The monoisotopic (exact) mass is 523 g/mol. The molecule has 0 radical (unpaired) electrons. The van der Waals surface area contributed by atoms with Crippen LogP contribution in [0.15, 0.2) is 60.9 Å². The molecule has 11 heteroatoms. The fourth-order valence-corrected chi connectivity index (χ4v) is 5.15. The summed E-state index contributed by atoms with van der Waals surface area (Å²) in [5.74, 6) is 2.26. The number of hydrogen-bond acceptors (Lipinski definition) is 6. The molecule has 0 bridgehead atoms. The van der Waals surface area contributed by atoms with Gasteiger partial charge in [-0.3, -0.25) is 9.80 Å². The molecule has 0 saturated heterocycles. The number of aryl methyl sites for hydroxylation is 2. The molecule has 0 amide bonds. The summed E-state index contributed by atoms with van der Waals surface area (Å²) in [4.78, 5) is 4.41. The van der Waals surface area contributed by atoms with Gasteiger partial charge in [-0.25, -0.2) is 27.4 Å². The second-order valence-corrected chi connectivity index (χ2v) is 10.2. The average molecular weight is 524 g/mol. The molecular formula is C26H28ClN6O4+.